The van der Waals surface area contributed by atoms with Crippen LogP contribution in [-0.4, -0.2) is 37.5 Å². The summed E-state index contributed by atoms with van der Waals surface area (Å²) in [5.41, 5.74) is 2.12. The van der Waals surface area contributed by atoms with Gasteiger partial charge in [0, 0.05) is 28.2 Å². The van der Waals surface area contributed by atoms with Crippen LogP contribution in [0, 0.1) is 0 Å². The van der Waals surface area contributed by atoms with Crippen molar-refractivity contribution in [2.45, 2.75) is 12.8 Å². The van der Waals surface area contributed by atoms with Crippen molar-refractivity contribution < 1.29 is 18.0 Å². The maximum Gasteiger partial charge on any atom is 0.257 e. The molecule has 0 saturated carbocycles. The van der Waals surface area contributed by atoms with Crippen molar-refractivity contribution in [3.8, 4) is 0 Å². The van der Waals surface area contributed by atoms with Gasteiger partial charge in [-0.1, -0.05) is 11.6 Å². The number of sulfonamides is 1. The lowest BCUT2D eigenvalue weighted by Crippen LogP contribution is -2.25. The number of amides is 2. The number of carbonyl (C=O) groups is 2. The molecule has 0 radical (unpaired) electrons. The van der Waals surface area contributed by atoms with Crippen LogP contribution in [0.25, 0.3) is 0 Å². The molecule has 4 rings (SSSR count). The molecule has 11 heteroatoms. The van der Waals surface area contributed by atoms with Gasteiger partial charge in [0.05, 0.1) is 23.6 Å². The van der Waals surface area contributed by atoms with E-state index < -0.39 is 10.0 Å². The number of hydrogen-bond acceptors (Lipinski definition) is 6. The number of nitrogens with zero attached hydrogens (tertiary/aromatic N) is 2. The Hall–Kier alpha value is -2.95. The minimum absolute atomic E-state index is 0.0373. The average molecular weight is 491 g/mol. The molecule has 2 amide bonds. The summed E-state index contributed by atoms with van der Waals surface area (Å²) in [4.78, 5) is 28.9. The van der Waals surface area contributed by atoms with Crippen molar-refractivity contribution in [3.05, 3.63) is 70.2 Å². The number of halogens is 1. The second-order valence-electron chi connectivity index (χ2n) is 7.12. The van der Waals surface area contributed by atoms with Crippen LogP contribution in [0.15, 0.2) is 53.9 Å². The van der Waals surface area contributed by atoms with Crippen LogP contribution in [-0.2, 0) is 21.2 Å². The molecule has 166 valence electrons. The van der Waals surface area contributed by atoms with Crippen molar-refractivity contribution in [1.82, 2.24) is 4.98 Å². The summed E-state index contributed by atoms with van der Waals surface area (Å²) in [5, 5.41) is 8.11. The van der Waals surface area contributed by atoms with E-state index >= 15 is 0 Å². The normalized spacial score (nSPS) is 14.8. The lowest BCUT2D eigenvalue weighted by Gasteiger charge is -2.17. The molecule has 1 aromatic heterocycles. The van der Waals surface area contributed by atoms with Crippen molar-refractivity contribution in [2.75, 3.05) is 27.2 Å². The van der Waals surface area contributed by atoms with Gasteiger partial charge in [0.1, 0.15) is 0 Å². The van der Waals surface area contributed by atoms with Gasteiger partial charge >= 0.3 is 0 Å². The van der Waals surface area contributed by atoms with E-state index in [-0.39, 0.29) is 24.0 Å². The Morgan fingerprint density at radius 1 is 1.06 bits per heavy atom. The number of benzene rings is 2. The first kappa shape index (κ1) is 22.3. The number of aromatic nitrogens is 1. The molecule has 0 aliphatic carbocycles. The van der Waals surface area contributed by atoms with E-state index in [1.54, 1.807) is 53.9 Å². The Bertz CT molecular complexity index is 1240. The van der Waals surface area contributed by atoms with Crippen LogP contribution < -0.4 is 14.9 Å². The molecule has 2 aromatic carbocycles. The largest absolute Gasteiger partial charge is 0.326 e. The standard InChI is InChI=1S/C21H19ClN4O4S2/c22-15-4-2-14(3-5-15)20(28)25-21-24-17(13-31-21)12-19(27)23-16-6-8-18(9-7-16)26-10-1-11-32(26,29)30/h2-9,13H,1,10-12H2,(H,23,27)(H,24,25,28). The Labute approximate surface area is 194 Å². The predicted octanol–water partition coefficient (Wildman–Crippen LogP) is 3.77. The maximum absolute atomic E-state index is 12.4. The number of carbonyl (C=O) groups excluding carboxylic acids is 2. The molecule has 0 bridgehead atoms. The van der Waals surface area contributed by atoms with Gasteiger partial charge in [-0.2, -0.15) is 0 Å². The summed E-state index contributed by atoms with van der Waals surface area (Å²) in [7, 11) is -3.24. The molecule has 2 N–H and O–H groups in total. The highest BCUT2D eigenvalue weighted by Gasteiger charge is 2.28. The Kier molecular flexibility index (Phi) is 6.45. The average Bonchev–Trinajstić information content (AvgIpc) is 3.34. The molecular weight excluding hydrogens is 472 g/mol. The zero-order valence-corrected chi connectivity index (χ0v) is 19.1. The fourth-order valence-electron chi connectivity index (χ4n) is 3.23. The smallest absolute Gasteiger partial charge is 0.257 e. The van der Waals surface area contributed by atoms with E-state index in [0.717, 1.165) is 0 Å². The zero-order valence-electron chi connectivity index (χ0n) is 16.7. The van der Waals surface area contributed by atoms with E-state index in [0.29, 0.717) is 45.8 Å². The van der Waals surface area contributed by atoms with E-state index in [9.17, 15) is 18.0 Å². The van der Waals surface area contributed by atoms with Crippen molar-refractivity contribution >= 4 is 61.3 Å². The van der Waals surface area contributed by atoms with Crippen LogP contribution in [0.2, 0.25) is 5.02 Å². The summed E-state index contributed by atoms with van der Waals surface area (Å²) in [5.74, 6) is -0.430. The highest BCUT2D eigenvalue weighted by atomic mass is 35.5. The lowest BCUT2D eigenvalue weighted by molar-refractivity contribution is -0.115. The number of anilines is 3. The quantitative estimate of drug-likeness (QED) is 0.546. The van der Waals surface area contributed by atoms with E-state index in [4.69, 9.17) is 11.6 Å². The van der Waals surface area contributed by atoms with Crippen LogP contribution in [0.4, 0.5) is 16.5 Å². The highest BCUT2D eigenvalue weighted by Crippen LogP contribution is 2.25. The first-order valence-corrected chi connectivity index (χ1v) is 12.6. The SMILES string of the molecule is O=C(Cc1csc(NC(=O)c2ccc(Cl)cc2)n1)Nc1ccc(N2CCCS2(=O)=O)cc1. The molecule has 1 aliphatic rings. The summed E-state index contributed by atoms with van der Waals surface area (Å²) < 4.78 is 25.4. The maximum atomic E-state index is 12.4. The van der Waals surface area contributed by atoms with Gasteiger partial charge < -0.3 is 5.32 Å². The fourth-order valence-corrected chi connectivity index (χ4v) is 5.62. The molecule has 0 spiro atoms. The zero-order chi connectivity index (χ0) is 22.7. The van der Waals surface area contributed by atoms with Gasteiger partial charge in [-0.05, 0) is 55.0 Å². The van der Waals surface area contributed by atoms with Gasteiger partial charge in [0.2, 0.25) is 15.9 Å². The Morgan fingerprint density at radius 2 is 1.78 bits per heavy atom. The van der Waals surface area contributed by atoms with Crippen molar-refractivity contribution in [3.63, 3.8) is 0 Å². The van der Waals surface area contributed by atoms with E-state index in [1.807, 2.05) is 0 Å². The molecule has 32 heavy (non-hydrogen) atoms. The van der Waals surface area contributed by atoms with Crippen LogP contribution in [0.5, 0.6) is 0 Å². The van der Waals surface area contributed by atoms with Gasteiger partial charge in [0.15, 0.2) is 5.13 Å². The summed E-state index contributed by atoms with van der Waals surface area (Å²) in [6.07, 6.45) is 0.645. The second-order valence-corrected chi connectivity index (χ2v) is 10.4. The van der Waals surface area contributed by atoms with Crippen LogP contribution in [0.3, 0.4) is 0 Å². The second kappa shape index (κ2) is 9.27. The highest BCUT2D eigenvalue weighted by molar-refractivity contribution is 7.93. The van der Waals surface area contributed by atoms with Crippen LogP contribution >= 0.6 is 22.9 Å². The molecule has 1 saturated heterocycles. The fraction of sp³-hybridized carbons (Fsp3) is 0.190. The van der Waals surface area contributed by atoms with E-state index in [2.05, 4.69) is 15.6 Å². The first-order chi connectivity index (χ1) is 15.3. The molecule has 8 nitrogen and oxygen atoms in total. The molecular formula is C21H19ClN4O4S2. The number of nitrogens with one attached hydrogen (secondary N) is 2. The summed E-state index contributed by atoms with van der Waals surface area (Å²) in [6.45, 7) is 0.467. The van der Waals surface area contributed by atoms with E-state index in [1.165, 1.54) is 15.6 Å². The third-order valence-electron chi connectivity index (χ3n) is 4.76. The molecule has 0 unspecified atom stereocenters. The monoisotopic (exact) mass is 490 g/mol. The molecule has 0 atom stereocenters. The molecule has 3 aromatic rings. The number of hydrogen-bond donors (Lipinski definition) is 2. The molecule has 1 aliphatic heterocycles. The van der Waals surface area contributed by atoms with Gasteiger partial charge in [-0.3, -0.25) is 19.2 Å². The topological polar surface area (TPSA) is 108 Å². The minimum atomic E-state index is -3.24. The molecule has 2 heterocycles. The summed E-state index contributed by atoms with van der Waals surface area (Å²) >= 11 is 7.06. The number of thiazole rings is 1. The summed E-state index contributed by atoms with van der Waals surface area (Å²) in [6, 6.07) is 13.2. The third-order valence-corrected chi connectivity index (χ3v) is 7.69. The Balaban J connectivity index is 1.32. The number of rotatable bonds is 6. The predicted molar refractivity (Wildman–Crippen MR) is 126 cm³/mol. The molecule has 1 fully saturated rings. The minimum Gasteiger partial charge on any atom is -0.326 e. The van der Waals surface area contributed by atoms with Crippen LogP contribution in [0.1, 0.15) is 22.5 Å². The van der Waals surface area contributed by atoms with Crippen molar-refractivity contribution in [2.24, 2.45) is 0 Å². The van der Waals surface area contributed by atoms with Gasteiger partial charge in [-0.15, -0.1) is 11.3 Å². The van der Waals surface area contributed by atoms with Crippen molar-refractivity contribution in [1.29, 1.82) is 0 Å². The first-order valence-electron chi connectivity index (χ1n) is 9.72. The lowest BCUT2D eigenvalue weighted by atomic mass is 10.2. The third kappa shape index (κ3) is 5.26. The van der Waals surface area contributed by atoms with Gasteiger partial charge in [0.25, 0.3) is 5.91 Å². The van der Waals surface area contributed by atoms with Gasteiger partial charge in [-0.25, -0.2) is 13.4 Å². The Morgan fingerprint density at radius 3 is 2.44 bits per heavy atom.